The summed E-state index contributed by atoms with van der Waals surface area (Å²) in [6, 6.07) is 15.7. The number of fused-ring (bicyclic) bond motifs is 1. The van der Waals surface area contributed by atoms with Crippen LogP contribution in [0.1, 0.15) is 5.56 Å². The minimum Gasteiger partial charge on any atom is -0.491 e. The maximum Gasteiger partial charge on any atom is 0.262 e. The van der Waals surface area contributed by atoms with E-state index in [1.807, 2.05) is 55.5 Å². The molecule has 2 aromatic carbocycles. The first-order chi connectivity index (χ1) is 11.7. The van der Waals surface area contributed by atoms with Crippen molar-refractivity contribution in [3.05, 3.63) is 54.1 Å². The number of anilines is 1. The van der Waals surface area contributed by atoms with Gasteiger partial charge in [-0.2, -0.15) is 0 Å². The third-order valence-electron chi connectivity index (χ3n) is 4.11. The molecule has 0 radical (unpaired) electrons. The largest absolute Gasteiger partial charge is 0.491 e. The Balaban J connectivity index is 1.69. The summed E-state index contributed by atoms with van der Waals surface area (Å²) in [6.45, 7) is 3.76. The van der Waals surface area contributed by atoms with Crippen molar-refractivity contribution in [1.29, 1.82) is 0 Å². The maximum atomic E-state index is 12.0. The summed E-state index contributed by atoms with van der Waals surface area (Å²) in [5.41, 5.74) is 2.11. The first kappa shape index (κ1) is 16.2. The zero-order valence-corrected chi connectivity index (χ0v) is 14.0. The quantitative estimate of drug-likeness (QED) is 0.917. The Morgan fingerprint density at radius 2 is 2.00 bits per heavy atom. The number of likely N-dealkylation sites (N-methyl/N-ethyl adjacent to an activating group) is 1. The standard InChI is InChI=1S/C19H22N2O3/c1-14-7-3-5-9-16(14)23-12-11-21-13-18(19(22)20-2)24-17-10-6-4-8-15(17)21/h3-10,18H,11-13H2,1-2H3,(H,20,22)/t18-/m0/s1. The molecular formula is C19H22N2O3. The van der Waals surface area contributed by atoms with E-state index in [0.717, 1.165) is 22.7 Å². The summed E-state index contributed by atoms with van der Waals surface area (Å²) in [7, 11) is 1.62. The smallest absolute Gasteiger partial charge is 0.262 e. The number of aryl methyl sites for hydroxylation is 1. The van der Waals surface area contributed by atoms with Crippen LogP contribution in [0.15, 0.2) is 48.5 Å². The minimum absolute atomic E-state index is 0.116. The van der Waals surface area contributed by atoms with Gasteiger partial charge >= 0.3 is 0 Å². The zero-order chi connectivity index (χ0) is 16.9. The van der Waals surface area contributed by atoms with Gasteiger partial charge < -0.3 is 19.7 Å². The van der Waals surface area contributed by atoms with Crippen molar-refractivity contribution in [2.45, 2.75) is 13.0 Å². The fourth-order valence-corrected chi connectivity index (χ4v) is 2.80. The highest BCUT2D eigenvalue weighted by molar-refractivity contribution is 5.83. The van der Waals surface area contributed by atoms with Crippen molar-refractivity contribution < 1.29 is 14.3 Å². The summed E-state index contributed by atoms with van der Waals surface area (Å²) in [5, 5.41) is 2.65. The molecule has 1 amide bonds. The van der Waals surface area contributed by atoms with Gasteiger partial charge in [-0.05, 0) is 30.7 Å². The number of benzene rings is 2. The second-order valence-electron chi connectivity index (χ2n) is 5.75. The van der Waals surface area contributed by atoms with Crippen LogP contribution >= 0.6 is 0 Å². The lowest BCUT2D eigenvalue weighted by Crippen LogP contribution is -2.49. The number of rotatable bonds is 5. The van der Waals surface area contributed by atoms with Crippen molar-refractivity contribution in [2.24, 2.45) is 0 Å². The van der Waals surface area contributed by atoms with Crippen LogP contribution in [0.2, 0.25) is 0 Å². The van der Waals surface area contributed by atoms with Crippen molar-refractivity contribution >= 4 is 11.6 Å². The SMILES string of the molecule is CNC(=O)[C@@H]1CN(CCOc2ccccc2C)c2ccccc2O1. The van der Waals surface area contributed by atoms with Crippen LogP contribution in [0.4, 0.5) is 5.69 Å². The molecule has 0 bridgehead atoms. The maximum absolute atomic E-state index is 12.0. The van der Waals surface area contributed by atoms with Crippen molar-refractivity contribution in [2.75, 3.05) is 31.6 Å². The molecule has 126 valence electrons. The predicted octanol–water partition coefficient (Wildman–Crippen LogP) is 2.39. The highest BCUT2D eigenvalue weighted by Gasteiger charge is 2.29. The molecule has 3 rings (SSSR count). The number of para-hydroxylation sites is 3. The summed E-state index contributed by atoms with van der Waals surface area (Å²) in [4.78, 5) is 14.1. The number of hydrogen-bond donors (Lipinski definition) is 1. The van der Waals surface area contributed by atoms with E-state index in [9.17, 15) is 4.79 Å². The van der Waals surface area contributed by atoms with Gasteiger partial charge in [-0.25, -0.2) is 0 Å². The Bertz CT molecular complexity index is 717. The molecule has 1 heterocycles. The first-order valence-corrected chi connectivity index (χ1v) is 8.09. The van der Waals surface area contributed by atoms with Gasteiger partial charge in [-0.15, -0.1) is 0 Å². The van der Waals surface area contributed by atoms with Gasteiger partial charge in [0.1, 0.15) is 18.1 Å². The molecular weight excluding hydrogens is 304 g/mol. The number of ether oxygens (including phenoxy) is 2. The van der Waals surface area contributed by atoms with E-state index >= 15 is 0 Å². The van der Waals surface area contributed by atoms with Crippen LogP contribution in [0.3, 0.4) is 0 Å². The molecule has 1 atom stereocenters. The van der Waals surface area contributed by atoms with Crippen LogP contribution in [0, 0.1) is 6.92 Å². The normalized spacial score (nSPS) is 16.1. The molecule has 0 aromatic heterocycles. The van der Waals surface area contributed by atoms with E-state index in [1.165, 1.54) is 0 Å². The summed E-state index contributed by atoms with van der Waals surface area (Å²) in [5.74, 6) is 1.50. The monoisotopic (exact) mass is 326 g/mol. The molecule has 0 unspecified atom stereocenters. The number of amides is 1. The van der Waals surface area contributed by atoms with Gasteiger partial charge in [0.25, 0.3) is 5.91 Å². The number of carbonyl (C=O) groups excluding carboxylic acids is 1. The number of carbonyl (C=O) groups is 1. The van der Waals surface area contributed by atoms with E-state index in [1.54, 1.807) is 7.05 Å². The van der Waals surface area contributed by atoms with Gasteiger partial charge in [0.05, 0.1) is 18.8 Å². The van der Waals surface area contributed by atoms with Crippen LogP contribution in [0.25, 0.3) is 0 Å². The lowest BCUT2D eigenvalue weighted by molar-refractivity contribution is -0.127. The van der Waals surface area contributed by atoms with Crippen LogP contribution in [0.5, 0.6) is 11.5 Å². The molecule has 0 aliphatic carbocycles. The topological polar surface area (TPSA) is 50.8 Å². The molecule has 24 heavy (non-hydrogen) atoms. The lowest BCUT2D eigenvalue weighted by atomic mass is 10.2. The van der Waals surface area contributed by atoms with Crippen LogP contribution in [-0.4, -0.2) is 38.8 Å². The second kappa shape index (κ2) is 7.25. The molecule has 0 fully saturated rings. The third kappa shape index (κ3) is 3.45. The molecule has 2 aromatic rings. The van der Waals surface area contributed by atoms with Gasteiger partial charge in [0.15, 0.2) is 6.10 Å². The molecule has 5 heteroatoms. The lowest BCUT2D eigenvalue weighted by Gasteiger charge is -2.35. The number of nitrogens with one attached hydrogen (secondary N) is 1. The Labute approximate surface area is 142 Å². The predicted molar refractivity (Wildman–Crippen MR) is 93.8 cm³/mol. The Morgan fingerprint density at radius 1 is 1.25 bits per heavy atom. The van der Waals surface area contributed by atoms with E-state index in [-0.39, 0.29) is 5.91 Å². The van der Waals surface area contributed by atoms with Crippen LogP contribution < -0.4 is 19.7 Å². The van der Waals surface area contributed by atoms with E-state index in [0.29, 0.717) is 19.7 Å². The summed E-state index contributed by atoms with van der Waals surface area (Å²) < 4.78 is 11.7. The van der Waals surface area contributed by atoms with Crippen molar-refractivity contribution in [3.8, 4) is 11.5 Å². The summed E-state index contributed by atoms with van der Waals surface area (Å²) in [6.07, 6.45) is -0.511. The van der Waals surface area contributed by atoms with Crippen molar-refractivity contribution in [1.82, 2.24) is 5.32 Å². The Kier molecular flexibility index (Phi) is 4.89. The summed E-state index contributed by atoms with van der Waals surface area (Å²) >= 11 is 0. The van der Waals surface area contributed by atoms with Gasteiger partial charge in [-0.1, -0.05) is 30.3 Å². The fraction of sp³-hybridized carbons (Fsp3) is 0.316. The Hall–Kier alpha value is -2.69. The second-order valence-corrected chi connectivity index (χ2v) is 5.75. The molecule has 1 aliphatic heterocycles. The Morgan fingerprint density at radius 3 is 2.79 bits per heavy atom. The molecule has 0 saturated carbocycles. The van der Waals surface area contributed by atoms with E-state index in [2.05, 4.69) is 10.2 Å². The molecule has 1 aliphatic rings. The number of hydrogen-bond acceptors (Lipinski definition) is 4. The fourth-order valence-electron chi connectivity index (χ4n) is 2.80. The van der Waals surface area contributed by atoms with Gasteiger partial charge in [0, 0.05) is 7.05 Å². The minimum atomic E-state index is -0.511. The molecule has 5 nitrogen and oxygen atoms in total. The third-order valence-corrected chi connectivity index (χ3v) is 4.11. The van der Waals surface area contributed by atoms with E-state index < -0.39 is 6.10 Å². The zero-order valence-electron chi connectivity index (χ0n) is 14.0. The average molecular weight is 326 g/mol. The highest BCUT2D eigenvalue weighted by Crippen LogP contribution is 2.32. The molecule has 0 spiro atoms. The van der Waals surface area contributed by atoms with E-state index in [4.69, 9.17) is 9.47 Å². The first-order valence-electron chi connectivity index (χ1n) is 8.09. The molecule has 1 N–H and O–H groups in total. The highest BCUT2D eigenvalue weighted by atomic mass is 16.5. The number of nitrogens with zero attached hydrogens (tertiary/aromatic N) is 1. The molecule has 0 saturated heterocycles. The van der Waals surface area contributed by atoms with Crippen LogP contribution in [-0.2, 0) is 4.79 Å². The van der Waals surface area contributed by atoms with Gasteiger partial charge in [0.2, 0.25) is 0 Å². The van der Waals surface area contributed by atoms with Gasteiger partial charge in [-0.3, -0.25) is 4.79 Å². The average Bonchev–Trinajstić information content (AvgIpc) is 2.62. The van der Waals surface area contributed by atoms with Crippen molar-refractivity contribution in [3.63, 3.8) is 0 Å².